The molecule has 0 atom stereocenters. The fourth-order valence-electron chi connectivity index (χ4n) is 2.42. The summed E-state index contributed by atoms with van der Waals surface area (Å²) in [4.78, 5) is 17.1. The molecule has 25 heavy (non-hydrogen) atoms. The molecular formula is C15H14F3N5OS. The molecule has 0 saturated heterocycles. The Morgan fingerprint density at radius 2 is 2.16 bits per heavy atom. The van der Waals surface area contributed by atoms with E-state index in [4.69, 9.17) is 0 Å². The number of aromatic nitrogens is 3. The first kappa shape index (κ1) is 17.5. The summed E-state index contributed by atoms with van der Waals surface area (Å²) in [5.41, 5.74) is 3.30. The van der Waals surface area contributed by atoms with Crippen LogP contribution in [0.15, 0.2) is 29.1 Å². The summed E-state index contributed by atoms with van der Waals surface area (Å²) in [7, 11) is 0. The smallest absolute Gasteiger partial charge is 0.304 e. The quantitative estimate of drug-likeness (QED) is 0.897. The lowest BCUT2D eigenvalue weighted by molar-refractivity contribution is -0.144. The molecule has 0 fully saturated rings. The van der Waals surface area contributed by atoms with Crippen LogP contribution in [-0.4, -0.2) is 51.8 Å². The molecule has 0 saturated carbocycles. The molecule has 1 amide bonds. The zero-order valence-electron chi connectivity index (χ0n) is 13.0. The number of halogens is 3. The van der Waals surface area contributed by atoms with Crippen molar-refractivity contribution in [2.24, 2.45) is 0 Å². The monoisotopic (exact) mass is 369 g/mol. The predicted molar refractivity (Wildman–Crippen MR) is 87.2 cm³/mol. The average molecular weight is 369 g/mol. The summed E-state index contributed by atoms with van der Waals surface area (Å²) >= 11 is 1.31. The first-order valence-corrected chi connectivity index (χ1v) is 8.37. The number of alkyl halides is 3. The van der Waals surface area contributed by atoms with Crippen LogP contribution < -0.4 is 5.32 Å². The van der Waals surface area contributed by atoms with Gasteiger partial charge in [0.1, 0.15) is 5.69 Å². The minimum absolute atomic E-state index is 0.221. The van der Waals surface area contributed by atoms with E-state index in [2.05, 4.69) is 20.5 Å². The summed E-state index contributed by atoms with van der Waals surface area (Å²) in [5.74, 6) is -0.0835. The van der Waals surface area contributed by atoms with Gasteiger partial charge in [-0.15, -0.1) is 21.5 Å². The lowest BCUT2D eigenvalue weighted by Gasteiger charge is -2.26. The molecule has 3 rings (SSSR count). The number of rotatable bonds is 4. The lowest BCUT2D eigenvalue weighted by atomic mass is 10.0. The number of amides is 1. The van der Waals surface area contributed by atoms with Crippen LogP contribution >= 0.6 is 11.3 Å². The molecule has 0 spiro atoms. The molecule has 1 N–H and O–H groups in total. The average Bonchev–Trinajstić information content (AvgIpc) is 3.09. The van der Waals surface area contributed by atoms with Crippen LogP contribution in [0.1, 0.15) is 22.6 Å². The minimum Gasteiger partial charge on any atom is -0.304 e. The summed E-state index contributed by atoms with van der Waals surface area (Å²) < 4.78 is 37.2. The van der Waals surface area contributed by atoms with Crippen molar-refractivity contribution < 1.29 is 18.0 Å². The zero-order chi connectivity index (χ0) is 17.9. The topological polar surface area (TPSA) is 71.0 Å². The number of anilines is 1. The summed E-state index contributed by atoms with van der Waals surface area (Å²) in [6.07, 6.45) is -2.00. The standard InChI is InChI=1S/C15H14F3N5OS/c16-15(17,18)8-23-5-3-10(4-6-23)11-1-2-13(22-21-11)20-14(24)12-7-25-9-19-12/h1-3,7,9H,4-6,8H2,(H,20,22,24). The molecule has 2 aromatic heterocycles. The molecule has 1 aliphatic rings. The van der Waals surface area contributed by atoms with Crippen LogP contribution in [-0.2, 0) is 0 Å². The van der Waals surface area contributed by atoms with E-state index in [9.17, 15) is 18.0 Å². The summed E-state index contributed by atoms with van der Waals surface area (Å²) in [6.45, 7) is -0.377. The Morgan fingerprint density at radius 1 is 1.32 bits per heavy atom. The fourth-order valence-corrected chi connectivity index (χ4v) is 2.95. The number of thiazole rings is 1. The highest BCUT2D eigenvalue weighted by Crippen LogP contribution is 2.24. The second-order valence-corrected chi connectivity index (χ2v) is 6.18. The van der Waals surface area contributed by atoms with Crippen molar-refractivity contribution in [1.82, 2.24) is 20.1 Å². The molecule has 0 radical (unpaired) electrons. The molecule has 2 aromatic rings. The normalized spacial score (nSPS) is 15.7. The first-order valence-electron chi connectivity index (χ1n) is 7.42. The Labute approximate surface area is 145 Å². The van der Waals surface area contributed by atoms with Crippen LogP contribution in [0.4, 0.5) is 19.0 Å². The van der Waals surface area contributed by atoms with Gasteiger partial charge in [-0.05, 0) is 24.1 Å². The van der Waals surface area contributed by atoms with Crippen molar-refractivity contribution in [2.75, 3.05) is 25.0 Å². The highest BCUT2D eigenvalue weighted by Gasteiger charge is 2.31. The minimum atomic E-state index is -4.19. The van der Waals surface area contributed by atoms with Gasteiger partial charge in [-0.2, -0.15) is 13.2 Å². The zero-order valence-corrected chi connectivity index (χ0v) is 13.8. The van der Waals surface area contributed by atoms with Gasteiger partial charge in [-0.1, -0.05) is 6.08 Å². The van der Waals surface area contributed by atoms with Crippen molar-refractivity contribution in [3.05, 3.63) is 40.5 Å². The van der Waals surface area contributed by atoms with Gasteiger partial charge in [0.25, 0.3) is 5.91 Å². The molecule has 132 valence electrons. The number of hydrogen-bond acceptors (Lipinski definition) is 6. The van der Waals surface area contributed by atoms with Crippen LogP contribution in [0.3, 0.4) is 0 Å². The van der Waals surface area contributed by atoms with Crippen LogP contribution in [0.25, 0.3) is 5.57 Å². The van der Waals surface area contributed by atoms with E-state index in [1.54, 1.807) is 29.1 Å². The van der Waals surface area contributed by atoms with Gasteiger partial charge in [0.05, 0.1) is 17.7 Å². The maximum atomic E-state index is 12.4. The van der Waals surface area contributed by atoms with Gasteiger partial charge in [-0.25, -0.2) is 4.98 Å². The van der Waals surface area contributed by atoms with E-state index in [-0.39, 0.29) is 18.3 Å². The molecular weight excluding hydrogens is 355 g/mol. The lowest BCUT2D eigenvalue weighted by Crippen LogP contribution is -2.37. The molecule has 0 aliphatic carbocycles. The molecule has 6 nitrogen and oxygen atoms in total. The maximum Gasteiger partial charge on any atom is 0.401 e. The van der Waals surface area contributed by atoms with Crippen LogP contribution in [0, 0.1) is 0 Å². The van der Waals surface area contributed by atoms with Gasteiger partial charge in [-0.3, -0.25) is 9.69 Å². The molecule has 1 aliphatic heterocycles. The fraction of sp³-hybridized carbons (Fsp3) is 0.333. The van der Waals surface area contributed by atoms with Crippen LogP contribution in [0.5, 0.6) is 0 Å². The third kappa shape index (κ3) is 4.83. The van der Waals surface area contributed by atoms with Gasteiger partial charge in [0.15, 0.2) is 5.82 Å². The van der Waals surface area contributed by atoms with E-state index < -0.39 is 12.7 Å². The van der Waals surface area contributed by atoms with Crippen molar-refractivity contribution in [3.8, 4) is 0 Å². The van der Waals surface area contributed by atoms with Gasteiger partial charge in [0.2, 0.25) is 0 Å². The van der Waals surface area contributed by atoms with E-state index >= 15 is 0 Å². The van der Waals surface area contributed by atoms with Crippen molar-refractivity contribution in [1.29, 1.82) is 0 Å². The Morgan fingerprint density at radius 3 is 2.72 bits per heavy atom. The molecule has 0 bridgehead atoms. The van der Waals surface area contributed by atoms with Crippen molar-refractivity contribution in [3.63, 3.8) is 0 Å². The van der Waals surface area contributed by atoms with Crippen molar-refractivity contribution in [2.45, 2.75) is 12.6 Å². The van der Waals surface area contributed by atoms with Gasteiger partial charge >= 0.3 is 6.18 Å². The van der Waals surface area contributed by atoms with Gasteiger partial charge < -0.3 is 5.32 Å². The van der Waals surface area contributed by atoms with Gasteiger partial charge in [0, 0.05) is 18.5 Å². The van der Waals surface area contributed by atoms with Crippen molar-refractivity contribution >= 4 is 28.6 Å². The Balaban J connectivity index is 1.60. The van der Waals surface area contributed by atoms with E-state index in [1.807, 2.05) is 0 Å². The number of nitrogens with one attached hydrogen (secondary N) is 1. The number of carbonyl (C=O) groups is 1. The maximum absolute atomic E-state index is 12.4. The van der Waals surface area contributed by atoms with E-state index in [1.165, 1.54) is 16.2 Å². The second-order valence-electron chi connectivity index (χ2n) is 5.46. The molecule has 3 heterocycles. The molecule has 0 unspecified atom stereocenters. The Hall–Kier alpha value is -2.33. The molecule has 10 heteroatoms. The summed E-state index contributed by atoms with van der Waals surface area (Å²) in [6, 6.07) is 3.30. The largest absolute Gasteiger partial charge is 0.401 e. The number of nitrogens with zero attached hydrogens (tertiary/aromatic N) is 4. The first-order chi connectivity index (χ1) is 11.9. The Bertz CT molecular complexity index is 758. The third-order valence-corrected chi connectivity index (χ3v) is 4.18. The van der Waals surface area contributed by atoms with Crippen LogP contribution in [0.2, 0.25) is 0 Å². The summed E-state index contributed by atoms with van der Waals surface area (Å²) in [5, 5.41) is 12.2. The third-order valence-electron chi connectivity index (χ3n) is 3.60. The Kier molecular flexibility index (Phi) is 5.09. The SMILES string of the molecule is O=C(Nc1ccc(C2=CCN(CC(F)(F)F)CC2)nn1)c1cscn1. The van der Waals surface area contributed by atoms with E-state index in [0.717, 1.165) is 5.57 Å². The number of carbonyl (C=O) groups excluding carboxylic acids is 1. The molecule has 0 aromatic carbocycles. The van der Waals surface area contributed by atoms with E-state index in [0.29, 0.717) is 24.4 Å². The number of hydrogen-bond donors (Lipinski definition) is 1. The highest BCUT2D eigenvalue weighted by molar-refractivity contribution is 7.07. The predicted octanol–water partition coefficient (Wildman–Crippen LogP) is 2.84. The second kappa shape index (κ2) is 7.28. The highest BCUT2D eigenvalue weighted by atomic mass is 32.1.